The Morgan fingerprint density at radius 3 is 2.60 bits per heavy atom. The molecule has 0 spiro atoms. The molecule has 4 nitrogen and oxygen atoms in total. The largest absolute Gasteiger partial charge is 0.491 e. The van der Waals surface area contributed by atoms with Crippen LogP contribution in [-0.2, 0) is 0 Å². The molecule has 1 aromatic carbocycles. The molecule has 110 valence electrons. The molecule has 2 unspecified atom stereocenters. The van der Waals surface area contributed by atoms with Crippen LogP contribution in [0.4, 0.5) is 0 Å². The molecule has 1 heterocycles. The molecule has 4 heteroatoms. The number of hydrogen-bond acceptors (Lipinski definition) is 4. The summed E-state index contributed by atoms with van der Waals surface area (Å²) >= 11 is 0. The number of nitrogens with zero attached hydrogens (tertiary/aromatic N) is 1. The minimum Gasteiger partial charge on any atom is -0.491 e. The predicted molar refractivity (Wildman–Crippen MR) is 80.4 cm³/mol. The maximum absolute atomic E-state index is 11.5. The van der Waals surface area contributed by atoms with Gasteiger partial charge in [0.2, 0.25) is 0 Å². The van der Waals surface area contributed by atoms with Gasteiger partial charge in [-0.3, -0.25) is 9.69 Å². The van der Waals surface area contributed by atoms with Crippen molar-refractivity contribution in [1.82, 2.24) is 10.2 Å². The third-order valence-electron chi connectivity index (χ3n) is 3.56. The molecule has 0 saturated carbocycles. The molecule has 0 radical (unpaired) electrons. The fourth-order valence-corrected chi connectivity index (χ4v) is 2.79. The van der Waals surface area contributed by atoms with Crippen LogP contribution in [0, 0.1) is 0 Å². The number of carbonyl (C=O) groups excluding carboxylic acids is 1. The highest BCUT2D eigenvalue weighted by Crippen LogP contribution is 2.18. The van der Waals surface area contributed by atoms with Gasteiger partial charge in [-0.1, -0.05) is 12.1 Å². The van der Waals surface area contributed by atoms with Crippen molar-refractivity contribution < 1.29 is 9.53 Å². The molecule has 0 aliphatic carbocycles. The fourth-order valence-electron chi connectivity index (χ4n) is 2.79. The van der Waals surface area contributed by atoms with Crippen molar-refractivity contribution in [3.8, 4) is 5.75 Å². The molecule has 1 N–H and O–H groups in total. The highest BCUT2D eigenvalue weighted by Gasteiger charge is 2.20. The predicted octanol–water partition coefficient (Wildman–Crippen LogP) is 1.95. The molecule has 20 heavy (non-hydrogen) atoms. The number of piperazine rings is 1. The molecule has 1 aliphatic rings. The van der Waals surface area contributed by atoms with Crippen molar-refractivity contribution in [2.75, 3.05) is 26.2 Å². The van der Waals surface area contributed by atoms with E-state index in [1.807, 2.05) is 24.3 Å². The summed E-state index contributed by atoms with van der Waals surface area (Å²) in [5, 5.41) is 3.51. The SMILES string of the molecule is CC(=O)c1ccccc1OCCN1CC(C)NC(C)C1. The lowest BCUT2D eigenvalue weighted by Crippen LogP contribution is -2.54. The second-order valence-corrected chi connectivity index (χ2v) is 5.63. The first-order valence-electron chi connectivity index (χ1n) is 7.27. The summed E-state index contributed by atoms with van der Waals surface area (Å²) in [6.45, 7) is 9.57. The average molecular weight is 276 g/mol. The van der Waals surface area contributed by atoms with Crippen LogP contribution in [0.5, 0.6) is 5.75 Å². The molecule has 0 amide bonds. The normalized spacial score (nSPS) is 23.6. The third-order valence-corrected chi connectivity index (χ3v) is 3.56. The van der Waals surface area contributed by atoms with E-state index in [9.17, 15) is 4.79 Å². The number of ketones is 1. The molecular weight excluding hydrogens is 252 g/mol. The topological polar surface area (TPSA) is 41.6 Å². The Kier molecular flexibility index (Phi) is 5.15. The van der Waals surface area contributed by atoms with Crippen LogP contribution in [-0.4, -0.2) is 49.0 Å². The van der Waals surface area contributed by atoms with Gasteiger partial charge in [0.25, 0.3) is 0 Å². The molecule has 2 atom stereocenters. The highest BCUT2D eigenvalue weighted by atomic mass is 16.5. The Bertz CT molecular complexity index is 452. The van der Waals surface area contributed by atoms with E-state index in [0.29, 0.717) is 30.0 Å². The van der Waals surface area contributed by atoms with Crippen molar-refractivity contribution in [2.45, 2.75) is 32.9 Å². The third kappa shape index (κ3) is 4.05. The summed E-state index contributed by atoms with van der Waals surface area (Å²) in [7, 11) is 0. The van der Waals surface area contributed by atoms with Gasteiger partial charge in [-0.25, -0.2) is 0 Å². The van der Waals surface area contributed by atoms with Crippen molar-refractivity contribution in [1.29, 1.82) is 0 Å². The summed E-state index contributed by atoms with van der Waals surface area (Å²) in [5.41, 5.74) is 0.662. The van der Waals surface area contributed by atoms with Crippen LogP contribution in [0.2, 0.25) is 0 Å². The number of benzene rings is 1. The van der Waals surface area contributed by atoms with Crippen LogP contribution in [0.1, 0.15) is 31.1 Å². The summed E-state index contributed by atoms with van der Waals surface area (Å²) in [6, 6.07) is 8.47. The number of ether oxygens (including phenoxy) is 1. The Hall–Kier alpha value is -1.39. The van der Waals surface area contributed by atoms with Gasteiger partial charge in [-0.2, -0.15) is 0 Å². The zero-order valence-electron chi connectivity index (χ0n) is 12.6. The second kappa shape index (κ2) is 6.86. The molecule has 0 aromatic heterocycles. The minimum atomic E-state index is 0.0463. The number of para-hydroxylation sites is 1. The first-order valence-corrected chi connectivity index (χ1v) is 7.27. The maximum atomic E-state index is 11.5. The van der Waals surface area contributed by atoms with E-state index in [2.05, 4.69) is 24.1 Å². The molecule has 0 bridgehead atoms. The van der Waals surface area contributed by atoms with Crippen molar-refractivity contribution >= 4 is 5.78 Å². The standard InChI is InChI=1S/C16H24N2O2/c1-12-10-18(11-13(2)17-12)8-9-20-16-7-5-4-6-15(16)14(3)19/h4-7,12-13,17H,8-11H2,1-3H3. The summed E-state index contributed by atoms with van der Waals surface area (Å²) in [5.74, 6) is 0.737. The van der Waals surface area contributed by atoms with E-state index in [0.717, 1.165) is 19.6 Å². The maximum Gasteiger partial charge on any atom is 0.163 e. The Labute approximate surface area is 121 Å². The molecular formula is C16H24N2O2. The highest BCUT2D eigenvalue weighted by molar-refractivity contribution is 5.96. The molecule has 1 saturated heterocycles. The first-order chi connectivity index (χ1) is 9.56. The van der Waals surface area contributed by atoms with Gasteiger partial charge in [-0.05, 0) is 32.9 Å². The molecule has 2 rings (SSSR count). The first kappa shape index (κ1) is 15.0. The van der Waals surface area contributed by atoms with Crippen LogP contribution in [0.15, 0.2) is 24.3 Å². The average Bonchev–Trinajstić information content (AvgIpc) is 2.38. The lowest BCUT2D eigenvalue weighted by Gasteiger charge is -2.36. The van der Waals surface area contributed by atoms with Crippen LogP contribution in [0.25, 0.3) is 0 Å². The zero-order valence-corrected chi connectivity index (χ0v) is 12.6. The van der Waals surface area contributed by atoms with Gasteiger partial charge < -0.3 is 10.1 Å². The fraction of sp³-hybridized carbons (Fsp3) is 0.562. The number of carbonyl (C=O) groups is 1. The zero-order chi connectivity index (χ0) is 14.5. The van der Waals surface area contributed by atoms with E-state index >= 15 is 0 Å². The summed E-state index contributed by atoms with van der Waals surface area (Å²) < 4.78 is 5.79. The Balaban J connectivity index is 1.85. The minimum absolute atomic E-state index is 0.0463. The van der Waals surface area contributed by atoms with Gasteiger partial charge in [0.15, 0.2) is 5.78 Å². The monoisotopic (exact) mass is 276 g/mol. The van der Waals surface area contributed by atoms with Crippen LogP contribution in [0.3, 0.4) is 0 Å². The molecule has 1 fully saturated rings. The van der Waals surface area contributed by atoms with Crippen molar-refractivity contribution in [3.63, 3.8) is 0 Å². The molecule has 1 aliphatic heterocycles. The number of hydrogen-bond donors (Lipinski definition) is 1. The lowest BCUT2D eigenvalue weighted by molar-refractivity contribution is 0.101. The second-order valence-electron chi connectivity index (χ2n) is 5.63. The number of nitrogens with one attached hydrogen (secondary N) is 1. The summed E-state index contributed by atoms with van der Waals surface area (Å²) in [4.78, 5) is 13.9. The number of Topliss-reactive ketones (excluding diaryl/α,β-unsaturated/α-hetero) is 1. The smallest absolute Gasteiger partial charge is 0.163 e. The van der Waals surface area contributed by atoms with Gasteiger partial charge >= 0.3 is 0 Å². The van der Waals surface area contributed by atoms with Gasteiger partial charge in [0.05, 0.1) is 5.56 Å². The van der Waals surface area contributed by atoms with Gasteiger partial charge in [0.1, 0.15) is 12.4 Å². The number of rotatable bonds is 5. The van der Waals surface area contributed by atoms with Crippen LogP contribution < -0.4 is 10.1 Å². The van der Waals surface area contributed by atoms with Crippen molar-refractivity contribution in [3.05, 3.63) is 29.8 Å². The Morgan fingerprint density at radius 1 is 1.30 bits per heavy atom. The van der Waals surface area contributed by atoms with E-state index in [1.54, 1.807) is 6.92 Å². The van der Waals surface area contributed by atoms with E-state index in [4.69, 9.17) is 4.74 Å². The van der Waals surface area contributed by atoms with Gasteiger partial charge in [-0.15, -0.1) is 0 Å². The van der Waals surface area contributed by atoms with Crippen molar-refractivity contribution in [2.24, 2.45) is 0 Å². The van der Waals surface area contributed by atoms with Gasteiger partial charge in [0, 0.05) is 31.7 Å². The van der Waals surface area contributed by atoms with E-state index in [-0.39, 0.29) is 5.78 Å². The van der Waals surface area contributed by atoms with Crippen LogP contribution >= 0.6 is 0 Å². The van der Waals surface area contributed by atoms with E-state index < -0.39 is 0 Å². The lowest BCUT2D eigenvalue weighted by atomic mass is 10.1. The van der Waals surface area contributed by atoms with E-state index in [1.165, 1.54) is 0 Å². The Morgan fingerprint density at radius 2 is 1.95 bits per heavy atom. The quantitative estimate of drug-likeness (QED) is 0.835. The summed E-state index contributed by atoms with van der Waals surface area (Å²) in [6.07, 6.45) is 0. The molecule has 1 aromatic rings.